The Hall–Kier alpha value is -13.6. The van der Waals surface area contributed by atoms with Crippen molar-refractivity contribution in [1.29, 1.82) is 21.0 Å². The molecule has 0 fully saturated rings. The molecular formula is C98H116N10Si. The van der Waals surface area contributed by atoms with E-state index in [1.807, 2.05) is 101 Å². The van der Waals surface area contributed by atoms with E-state index in [4.69, 9.17) is 57.5 Å². The summed E-state index contributed by atoms with van der Waals surface area (Å²) in [6, 6.07) is 53.5. The molecule has 6 rings (SSSR count). The van der Waals surface area contributed by atoms with Crippen LogP contribution < -0.4 is 33.2 Å². The van der Waals surface area contributed by atoms with E-state index >= 15 is 0 Å². The number of hydrogen-bond acceptors (Lipinski definition) is 10. The minimum Gasteiger partial charge on any atom is -0.399 e. The summed E-state index contributed by atoms with van der Waals surface area (Å²) in [5.74, 6) is 10.8. The van der Waals surface area contributed by atoms with E-state index < -0.39 is 8.07 Å². The molecule has 0 spiro atoms. The molecule has 6 aromatic carbocycles. The standard InChI is InChI=1S/C16H22N2.C16H14N2.C16H21N.C9H5N.C9H12.C8H7N.C8H13N.C8H9N.C5H10Si.C2H2.CHN/c2*1-4-14(10-13(2)18-3)8-9-15-6-5-7-16(11-15)12-17;1-4-14-7-6-8-16(12-14)10-9-15(5-2)11-13(3)17;1-2-8-4-3-5-9(6-8)7-10;1-3-9-6-4-5-8(2)7-9;1-7-3-2-4-8(5-7)6-9;1-5-8(9-4)6-7(2)3;1-4-7(3)6-8(9)5-2;1-5-6(2,3)4;2*1-2/h4-7,10-11,18H,1-2,8-9,12,17H2,3H3;4-7,10-11,18H,1-2H2,3H3;5-8,11-12H,2-4,9-10,17H2,1H3;1,3-6H;4-7H,3H2,1-2H3;2-5H,1H3;5-6,9H,1-2H2,3-4H3;1,5-6H,2-3,9H2;1H,2-4H3;1-2H;1H. The number of nitriles is 4. The molecule has 562 valence electrons. The number of likely N-dealkylation sites (N-methyl/N-ethyl adjacent to an activating group) is 3. The highest BCUT2D eigenvalue weighted by atomic mass is 28.3. The summed E-state index contributed by atoms with van der Waals surface area (Å²) in [6.45, 7) is 57.9. The number of allylic oxidation sites excluding steroid dienone is 15. The first-order valence-electron chi connectivity index (χ1n) is 34.6. The minimum absolute atomic E-state index is 0.540. The summed E-state index contributed by atoms with van der Waals surface area (Å²) in [4.78, 5) is 0. The van der Waals surface area contributed by atoms with Gasteiger partial charge in [0, 0.05) is 85.0 Å². The normalized spacial score (nSPS) is 9.69. The van der Waals surface area contributed by atoms with Gasteiger partial charge in [-0.2, -0.15) is 15.8 Å². The van der Waals surface area contributed by atoms with Crippen LogP contribution in [0.15, 0.2) is 328 Å². The summed E-state index contributed by atoms with van der Waals surface area (Å²) in [5, 5.41) is 41.0. The first kappa shape index (κ1) is 104. The van der Waals surface area contributed by atoms with Crippen LogP contribution in [0.3, 0.4) is 0 Å². The van der Waals surface area contributed by atoms with Crippen molar-refractivity contribution in [1.82, 2.24) is 16.0 Å². The highest BCUT2D eigenvalue weighted by Crippen LogP contribution is 2.16. The average molecular weight is 1460 g/mol. The second-order valence-electron chi connectivity index (χ2n) is 23.9. The molecule has 109 heavy (non-hydrogen) atoms. The zero-order chi connectivity index (χ0) is 84.0. The van der Waals surface area contributed by atoms with Gasteiger partial charge in [0.1, 0.15) is 8.07 Å². The highest BCUT2D eigenvalue weighted by molar-refractivity contribution is 6.83. The number of terminal acetylenes is 4. The Kier molecular flexibility index (Phi) is 64.4. The van der Waals surface area contributed by atoms with Gasteiger partial charge in [-0.15, -0.1) is 37.7 Å². The molecule has 0 bridgehead atoms. The van der Waals surface area contributed by atoms with Crippen molar-refractivity contribution in [3.8, 4) is 86.1 Å². The van der Waals surface area contributed by atoms with Crippen molar-refractivity contribution in [3.63, 3.8) is 0 Å². The van der Waals surface area contributed by atoms with Crippen LogP contribution in [0.25, 0.3) is 0 Å². The lowest BCUT2D eigenvalue weighted by Crippen LogP contribution is -2.15. The van der Waals surface area contributed by atoms with E-state index in [1.54, 1.807) is 67.7 Å². The van der Waals surface area contributed by atoms with Crippen LogP contribution >= 0.6 is 0 Å². The van der Waals surface area contributed by atoms with Crippen LogP contribution in [-0.2, 0) is 32.2 Å². The predicted octanol–water partition coefficient (Wildman–Crippen LogP) is 20.4. The number of nitrogens with zero attached hydrogens (tertiary/aromatic N) is 4. The molecule has 0 saturated carbocycles. The van der Waals surface area contributed by atoms with Crippen molar-refractivity contribution in [3.05, 3.63) is 395 Å². The Labute approximate surface area is 660 Å². The van der Waals surface area contributed by atoms with Crippen molar-refractivity contribution in [2.24, 2.45) is 17.2 Å². The van der Waals surface area contributed by atoms with Crippen molar-refractivity contribution >= 4 is 8.07 Å². The largest absolute Gasteiger partial charge is 0.399 e. The number of nitrogens with two attached hydrogens (primary N) is 3. The predicted molar refractivity (Wildman–Crippen MR) is 476 cm³/mol. The summed E-state index contributed by atoms with van der Waals surface area (Å²) in [6.07, 6.45) is 47.3. The zero-order valence-corrected chi connectivity index (χ0v) is 67.6. The molecule has 10 nitrogen and oxygen atoms in total. The summed E-state index contributed by atoms with van der Waals surface area (Å²) < 4.78 is 0. The van der Waals surface area contributed by atoms with Crippen LogP contribution in [0.5, 0.6) is 0 Å². The molecule has 6 aromatic rings. The molecule has 0 aliphatic rings. The van der Waals surface area contributed by atoms with Gasteiger partial charge in [0.15, 0.2) is 0 Å². The van der Waals surface area contributed by atoms with Gasteiger partial charge in [0.25, 0.3) is 0 Å². The highest BCUT2D eigenvalue weighted by Gasteiger charge is 2.06. The van der Waals surface area contributed by atoms with Gasteiger partial charge in [-0.25, -0.2) is 5.26 Å². The fraction of sp³-hybridized carbons (Fsp3) is 0.184. The molecule has 0 amide bonds. The van der Waals surface area contributed by atoms with Crippen LogP contribution in [0, 0.1) is 121 Å². The summed E-state index contributed by atoms with van der Waals surface area (Å²) >= 11 is 0. The first-order valence-corrected chi connectivity index (χ1v) is 38.1. The number of nitrogens with one attached hydrogen (secondary N) is 3. The number of hydrogen-bond donors (Lipinski definition) is 6. The Morgan fingerprint density at radius 3 is 1.26 bits per heavy atom. The van der Waals surface area contributed by atoms with E-state index in [2.05, 4.69) is 256 Å². The second-order valence-corrected chi connectivity index (χ2v) is 28.7. The molecule has 0 atom stereocenters. The van der Waals surface area contributed by atoms with Crippen LogP contribution in [-0.4, -0.2) is 29.2 Å². The SMILES string of the molecule is C#C.C#CC(=C)C=C(N)C=C.C#C[Si](C)(C)C.C#Cc1cccc(C#N)c1.C#N.C=CC(=CC(=C)C)NC.C=CC(=CC(=C)N)CCc1cccc(CC)c1.C=CC(=CC(=C)NC)CCc1cccc(CN)c1.C=CC(C#Cc1cccc(C#N)c1)=CC(=C)NC.CCc1cccc(C)c1.Cc1cccc(C#N)c1. The average Bonchev–Trinajstić information content (AvgIpc) is 0.918. The molecular weight excluding hydrogens is 1350 g/mol. The third-order valence-electron chi connectivity index (χ3n) is 13.7. The van der Waals surface area contributed by atoms with E-state index in [-0.39, 0.29) is 0 Å². The van der Waals surface area contributed by atoms with Crippen molar-refractivity contribution in [2.45, 2.75) is 99.3 Å². The Morgan fingerprint density at radius 1 is 0.495 bits per heavy atom. The minimum atomic E-state index is -1.10. The maximum absolute atomic E-state index is 8.79. The topological polar surface area (TPSA) is 209 Å². The Bertz CT molecular complexity index is 4370. The first-order chi connectivity index (χ1) is 52.0. The van der Waals surface area contributed by atoms with Gasteiger partial charge in [0.2, 0.25) is 0 Å². The Balaban J connectivity index is -0.000000377. The van der Waals surface area contributed by atoms with Gasteiger partial charge in [-0.1, -0.05) is 249 Å². The lowest BCUT2D eigenvalue weighted by Gasteiger charge is -2.06. The zero-order valence-electron chi connectivity index (χ0n) is 66.6. The second kappa shape index (κ2) is 67.5. The van der Waals surface area contributed by atoms with E-state index in [0.29, 0.717) is 34.6 Å². The molecule has 11 heteroatoms. The number of rotatable bonds is 22. The monoisotopic (exact) mass is 1460 g/mol. The van der Waals surface area contributed by atoms with Gasteiger partial charge in [0.05, 0.1) is 34.9 Å². The van der Waals surface area contributed by atoms with Gasteiger partial charge in [-0.05, 0) is 195 Å². The quantitative estimate of drug-likeness (QED) is 0.0215. The fourth-order valence-corrected chi connectivity index (χ4v) is 7.84. The molecule has 0 unspecified atom stereocenters. The van der Waals surface area contributed by atoms with Crippen LogP contribution in [0.1, 0.15) is 100 Å². The molecule has 0 aromatic heterocycles. The molecule has 9 N–H and O–H groups in total. The third kappa shape index (κ3) is 59.4. The van der Waals surface area contributed by atoms with E-state index in [1.165, 1.54) is 45.0 Å². The molecule has 0 aliphatic heterocycles. The van der Waals surface area contributed by atoms with Crippen molar-refractivity contribution in [2.75, 3.05) is 21.1 Å². The van der Waals surface area contributed by atoms with Crippen LogP contribution in [0.4, 0.5) is 0 Å². The molecule has 0 saturated heterocycles. The van der Waals surface area contributed by atoms with Crippen molar-refractivity contribution < 1.29 is 0 Å². The lowest BCUT2D eigenvalue weighted by atomic mass is 10.0. The summed E-state index contributed by atoms with van der Waals surface area (Å²) in [7, 11) is 4.41. The summed E-state index contributed by atoms with van der Waals surface area (Å²) in [5.41, 5.74) is 40.4. The fourth-order valence-electron chi connectivity index (χ4n) is 7.84. The van der Waals surface area contributed by atoms with Crippen LogP contribution in [0.2, 0.25) is 19.6 Å². The smallest absolute Gasteiger partial charge is 0.128 e. The van der Waals surface area contributed by atoms with E-state index in [9.17, 15) is 0 Å². The van der Waals surface area contributed by atoms with Gasteiger partial charge >= 0.3 is 0 Å². The third-order valence-corrected chi connectivity index (χ3v) is 14.6. The van der Waals surface area contributed by atoms with E-state index in [0.717, 1.165) is 94.6 Å². The van der Waals surface area contributed by atoms with Gasteiger partial charge in [-0.3, -0.25) is 0 Å². The molecule has 0 radical (unpaired) electrons. The lowest BCUT2D eigenvalue weighted by molar-refractivity contribution is 0.945. The maximum atomic E-state index is 8.79. The molecule has 0 aliphatic carbocycles. The maximum Gasteiger partial charge on any atom is 0.128 e. The van der Waals surface area contributed by atoms with Gasteiger partial charge < -0.3 is 33.2 Å². The number of aryl methyl sites for hydroxylation is 6. The molecule has 0 heterocycles. The number of benzene rings is 6. The Morgan fingerprint density at radius 2 is 0.899 bits per heavy atom.